The minimum Gasteiger partial charge on any atom is -0.265 e. The summed E-state index contributed by atoms with van der Waals surface area (Å²) in [6.07, 6.45) is 6.28. The molecule has 1 heterocycles. The molecular formula is C15H27N. The normalized spacial score (nSPS) is 12.6. The van der Waals surface area contributed by atoms with Crippen LogP contribution in [0.15, 0.2) is 24.5 Å². The fraction of sp³-hybridized carbons (Fsp3) is 0.667. The van der Waals surface area contributed by atoms with E-state index < -0.39 is 0 Å². The zero-order valence-corrected chi connectivity index (χ0v) is 11.7. The quantitative estimate of drug-likeness (QED) is 0.697. The lowest BCUT2D eigenvalue weighted by Gasteiger charge is -2.30. The zero-order chi connectivity index (χ0) is 12.6. The third-order valence-electron chi connectivity index (χ3n) is 2.73. The first kappa shape index (κ1) is 15.2. The Kier molecular flexibility index (Phi) is 7.03. The summed E-state index contributed by atoms with van der Waals surface area (Å²) in [5.74, 6) is 0.649. The highest BCUT2D eigenvalue weighted by atomic mass is 14.6. The highest BCUT2D eigenvalue weighted by Gasteiger charge is 2.24. The van der Waals surface area contributed by atoms with Crippen LogP contribution in [0.1, 0.15) is 65.9 Å². The summed E-state index contributed by atoms with van der Waals surface area (Å²) >= 11 is 0. The molecule has 0 saturated heterocycles. The molecule has 0 aliphatic heterocycles. The molecule has 1 nitrogen and oxygen atoms in total. The number of rotatable bonds is 3. The molecule has 1 atom stereocenters. The number of hydrogen-bond acceptors (Lipinski definition) is 1. The summed E-state index contributed by atoms with van der Waals surface area (Å²) < 4.78 is 0. The van der Waals surface area contributed by atoms with Crippen molar-refractivity contribution >= 4 is 0 Å². The average Bonchev–Trinajstić information content (AvgIpc) is 2.28. The minimum absolute atomic E-state index is 0.345. The Hall–Kier alpha value is -0.850. The molecule has 0 saturated carbocycles. The molecule has 0 amide bonds. The van der Waals surface area contributed by atoms with Crippen molar-refractivity contribution in [3.8, 4) is 0 Å². The number of nitrogens with zero attached hydrogens (tertiary/aromatic N) is 1. The summed E-state index contributed by atoms with van der Waals surface area (Å²) in [5, 5.41) is 0. The maximum Gasteiger partial charge on any atom is 0.0270 e. The van der Waals surface area contributed by atoms with Crippen LogP contribution >= 0.6 is 0 Å². The van der Waals surface area contributed by atoms with E-state index in [0.29, 0.717) is 11.3 Å². The molecule has 0 aliphatic carbocycles. The van der Waals surface area contributed by atoms with Gasteiger partial charge in [0.15, 0.2) is 0 Å². The molecule has 0 aliphatic rings. The Morgan fingerprint density at radius 2 is 1.62 bits per heavy atom. The van der Waals surface area contributed by atoms with Crippen LogP contribution in [0.2, 0.25) is 0 Å². The van der Waals surface area contributed by atoms with Crippen molar-refractivity contribution in [2.24, 2.45) is 5.41 Å². The maximum absolute atomic E-state index is 4.07. The van der Waals surface area contributed by atoms with Crippen molar-refractivity contribution in [1.82, 2.24) is 4.98 Å². The van der Waals surface area contributed by atoms with Gasteiger partial charge in [-0.3, -0.25) is 4.98 Å². The van der Waals surface area contributed by atoms with Crippen LogP contribution in [0.4, 0.5) is 0 Å². The predicted octanol–water partition coefficient (Wildman–Crippen LogP) is 5.04. The van der Waals surface area contributed by atoms with Gasteiger partial charge in [0, 0.05) is 12.4 Å². The van der Waals surface area contributed by atoms with Crippen LogP contribution < -0.4 is 0 Å². The monoisotopic (exact) mass is 221 g/mol. The van der Waals surface area contributed by atoms with Crippen LogP contribution in [-0.2, 0) is 0 Å². The lowest BCUT2D eigenvalue weighted by atomic mass is 9.74. The van der Waals surface area contributed by atoms with Crippen molar-refractivity contribution < 1.29 is 0 Å². The summed E-state index contributed by atoms with van der Waals surface area (Å²) in [6, 6.07) is 4.29. The average molecular weight is 221 g/mol. The van der Waals surface area contributed by atoms with Gasteiger partial charge in [-0.1, -0.05) is 48.0 Å². The van der Waals surface area contributed by atoms with Gasteiger partial charge in [0.05, 0.1) is 0 Å². The van der Waals surface area contributed by atoms with Crippen molar-refractivity contribution in [3.05, 3.63) is 30.1 Å². The van der Waals surface area contributed by atoms with Crippen molar-refractivity contribution in [2.75, 3.05) is 0 Å². The van der Waals surface area contributed by atoms with Gasteiger partial charge in [-0.05, 0) is 35.4 Å². The van der Waals surface area contributed by atoms with E-state index in [0.717, 1.165) is 0 Å². The van der Waals surface area contributed by atoms with Gasteiger partial charge in [-0.25, -0.2) is 0 Å². The third-order valence-corrected chi connectivity index (χ3v) is 2.73. The minimum atomic E-state index is 0.345. The van der Waals surface area contributed by atoms with Crippen LogP contribution in [0.25, 0.3) is 0 Å². The van der Waals surface area contributed by atoms with Gasteiger partial charge in [0.1, 0.15) is 0 Å². The predicted molar refractivity (Wildman–Crippen MR) is 72.7 cm³/mol. The number of aromatic nitrogens is 1. The lowest BCUT2D eigenvalue weighted by Crippen LogP contribution is -2.18. The summed E-state index contributed by atoms with van der Waals surface area (Å²) in [7, 11) is 0. The Morgan fingerprint density at radius 1 is 1.12 bits per heavy atom. The molecule has 0 spiro atoms. The summed E-state index contributed by atoms with van der Waals surface area (Å²) in [4.78, 5) is 4.07. The maximum atomic E-state index is 4.07. The molecule has 16 heavy (non-hydrogen) atoms. The van der Waals surface area contributed by atoms with E-state index >= 15 is 0 Å². The fourth-order valence-corrected chi connectivity index (χ4v) is 1.98. The Bertz CT molecular complexity index is 259. The standard InChI is InChI=1S/C13H21N.C2H6/c1-5-6-12(13(2,3)4)11-7-9-14-10-8-11;1-2/h7-10,12H,5-6H2,1-4H3;1-2H3. The van der Waals surface area contributed by atoms with Gasteiger partial charge in [0.2, 0.25) is 0 Å². The first-order valence-corrected chi connectivity index (χ1v) is 6.45. The molecule has 0 aromatic carbocycles. The van der Waals surface area contributed by atoms with Crippen molar-refractivity contribution in [1.29, 1.82) is 0 Å². The first-order valence-electron chi connectivity index (χ1n) is 6.45. The molecule has 1 unspecified atom stereocenters. The van der Waals surface area contributed by atoms with Crippen LogP contribution in [0, 0.1) is 5.41 Å². The Labute approximate surface area is 101 Å². The molecule has 0 radical (unpaired) electrons. The highest BCUT2D eigenvalue weighted by molar-refractivity contribution is 5.18. The molecular weight excluding hydrogens is 194 g/mol. The van der Waals surface area contributed by atoms with E-state index in [-0.39, 0.29) is 0 Å². The second-order valence-corrected chi connectivity index (χ2v) is 4.99. The van der Waals surface area contributed by atoms with E-state index in [4.69, 9.17) is 0 Å². The van der Waals surface area contributed by atoms with Crippen molar-refractivity contribution in [2.45, 2.75) is 60.3 Å². The Balaban J connectivity index is 0.00000106. The first-order chi connectivity index (χ1) is 7.55. The largest absolute Gasteiger partial charge is 0.265 e. The molecule has 1 rings (SSSR count). The van der Waals surface area contributed by atoms with Crippen LogP contribution in [-0.4, -0.2) is 4.98 Å². The molecule has 0 fully saturated rings. The summed E-state index contributed by atoms with van der Waals surface area (Å²) in [6.45, 7) is 13.2. The van der Waals surface area contributed by atoms with Crippen LogP contribution in [0.3, 0.4) is 0 Å². The Morgan fingerprint density at radius 3 is 2.00 bits per heavy atom. The van der Waals surface area contributed by atoms with E-state index in [2.05, 4.69) is 44.8 Å². The zero-order valence-electron chi connectivity index (χ0n) is 11.7. The fourth-order valence-electron chi connectivity index (χ4n) is 1.98. The topological polar surface area (TPSA) is 12.9 Å². The van der Waals surface area contributed by atoms with Crippen molar-refractivity contribution in [3.63, 3.8) is 0 Å². The molecule has 1 aromatic rings. The van der Waals surface area contributed by atoms with Gasteiger partial charge >= 0.3 is 0 Å². The second-order valence-electron chi connectivity index (χ2n) is 4.99. The highest BCUT2D eigenvalue weighted by Crippen LogP contribution is 2.37. The molecule has 0 bridgehead atoms. The molecule has 1 aromatic heterocycles. The van der Waals surface area contributed by atoms with Gasteiger partial charge in [-0.15, -0.1) is 0 Å². The van der Waals surface area contributed by atoms with E-state index in [1.165, 1.54) is 18.4 Å². The number of hydrogen-bond donors (Lipinski definition) is 0. The third kappa shape index (κ3) is 4.78. The van der Waals surface area contributed by atoms with Gasteiger partial charge in [-0.2, -0.15) is 0 Å². The van der Waals surface area contributed by atoms with Crippen LogP contribution in [0.5, 0.6) is 0 Å². The second kappa shape index (κ2) is 7.43. The van der Waals surface area contributed by atoms with E-state index in [1.54, 1.807) is 0 Å². The van der Waals surface area contributed by atoms with Gasteiger partial charge < -0.3 is 0 Å². The van der Waals surface area contributed by atoms with Gasteiger partial charge in [0.25, 0.3) is 0 Å². The van der Waals surface area contributed by atoms with E-state index in [1.807, 2.05) is 26.2 Å². The molecule has 1 heteroatoms. The molecule has 92 valence electrons. The lowest BCUT2D eigenvalue weighted by molar-refractivity contribution is 0.303. The summed E-state index contributed by atoms with van der Waals surface area (Å²) in [5.41, 5.74) is 1.77. The molecule has 0 N–H and O–H groups in total. The number of pyridine rings is 1. The van der Waals surface area contributed by atoms with E-state index in [9.17, 15) is 0 Å². The SMILES string of the molecule is CC.CCCC(c1ccncc1)C(C)(C)C. The smallest absolute Gasteiger partial charge is 0.0270 e.